The number of halogens is 2. The minimum atomic E-state index is 0.0376. The molecule has 1 fully saturated rings. The topological polar surface area (TPSA) is 54.3 Å². The molecule has 4 aromatic rings. The fourth-order valence-corrected chi connectivity index (χ4v) is 4.74. The fraction of sp³-hybridized carbons (Fsp3) is 0.269. The van der Waals surface area contributed by atoms with E-state index in [1.807, 2.05) is 78.3 Å². The van der Waals surface area contributed by atoms with Crippen LogP contribution >= 0.6 is 23.2 Å². The molecule has 0 radical (unpaired) electrons. The zero-order chi connectivity index (χ0) is 23.8. The SMILES string of the molecule is Cc1c(-c2cc(C(=O)N3CCN(Cc4ccc(Cl)c(Cl)c4)CC3)c3ccccc3n2)cnn1C. The van der Waals surface area contributed by atoms with Gasteiger partial charge in [-0.2, -0.15) is 5.10 Å². The van der Waals surface area contributed by atoms with Gasteiger partial charge in [-0.1, -0.05) is 47.5 Å². The predicted molar refractivity (Wildman–Crippen MR) is 136 cm³/mol. The molecule has 2 aromatic heterocycles. The second-order valence-electron chi connectivity index (χ2n) is 8.66. The lowest BCUT2D eigenvalue weighted by molar-refractivity contribution is 0.0630. The van der Waals surface area contributed by atoms with Gasteiger partial charge in [0.15, 0.2) is 0 Å². The molecule has 0 bridgehead atoms. The number of para-hydroxylation sites is 1. The number of benzene rings is 2. The Labute approximate surface area is 208 Å². The van der Waals surface area contributed by atoms with Crippen molar-refractivity contribution >= 4 is 40.0 Å². The van der Waals surface area contributed by atoms with Crippen LogP contribution in [-0.2, 0) is 13.6 Å². The molecular formula is C26H25Cl2N5O. The minimum absolute atomic E-state index is 0.0376. The molecule has 0 unspecified atom stereocenters. The lowest BCUT2D eigenvalue weighted by Crippen LogP contribution is -2.48. The Kier molecular flexibility index (Phi) is 6.30. The average Bonchev–Trinajstić information content (AvgIpc) is 3.19. The van der Waals surface area contributed by atoms with Crippen LogP contribution in [0.3, 0.4) is 0 Å². The molecular weight excluding hydrogens is 469 g/mol. The van der Waals surface area contributed by atoms with E-state index in [1.54, 1.807) is 0 Å². The molecule has 5 rings (SSSR count). The number of piperazine rings is 1. The highest BCUT2D eigenvalue weighted by Crippen LogP contribution is 2.28. The van der Waals surface area contributed by atoms with Crippen molar-refractivity contribution in [2.45, 2.75) is 13.5 Å². The number of amides is 1. The maximum absolute atomic E-state index is 13.7. The van der Waals surface area contributed by atoms with Crippen molar-refractivity contribution in [2.24, 2.45) is 7.05 Å². The van der Waals surface area contributed by atoms with Gasteiger partial charge in [0.05, 0.1) is 33.0 Å². The molecule has 1 saturated heterocycles. The van der Waals surface area contributed by atoms with Gasteiger partial charge in [-0.25, -0.2) is 4.98 Å². The van der Waals surface area contributed by atoms with Crippen molar-refractivity contribution in [1.29, 1.82) is 0 Å². The van der Waals surface area contributed by atoms with Crippen LogP contribution < -0.4 is 0 Å². The summed E-state index contributed by atoms with van der Waals surface area (Å²) >= 11 is 12.2. The van der Waals surface area contributed by atoms with Crippen LogP contribution in [0.1, 0.15) is 21.6 Å². The number of aromatic nitrogens is 3. The van der Waals surface area contributed by atoms with Crippen LogP contribution in [0, 0.1) is 6.92 Å². The third kappa shape index (κ3) is 4.41. The van der Waals surface area contributed by atoms with E-state index in [9.17, 15) is 4.79 Å². The summed E-state index contributed by atoms with van der Waals surface area (Å²) < 4.78 is 1.82. The summed E-state index contributed by atoms with van der Waals surface area (Å²) in [5, 5.41) is 6.35. The molecule has 1 aliphatic rings. The lowest BCUT2D eigenvalue weighted by atomic mass is 10.0. The van der Waals surface area contributed by atoms with Gasteiger partial charge in [0.1, 0.15) is 0 Å². The van der Waals surface area contributed by atoms with Crippen LogP contribution in [0.4, 0.5) is 0 Å². The highest BCUT2D eigenvalue weighted by molar-refractivity contribution is 6.42. The maximum atomic E-state index is 13.7. The summed E-state index contributed by atoms with van der Waals surface area (Å²) in [5.41, 5.74) is 5.33. The first-order valence-electron chi connectivity index (χ1n) is 11.2. The Bertz CT molecular complexity index is 1380. The molecule has 8 heteroatoms. The van der Waals surface area contributed by atoms with Crippen LogP contribution in [0.15, 0.2) is 54.7 Å². The van der Waals surface area contributed by atoms with Crippen molar-refractivity contribution in [1.82, 2.24) is 24.6 Å². The number of aryl methyl sites for hydroxylation is 1. The molecule has 0 atom stereocenters. The molecule has 0 saturated carbocycles. The van der Waals surface area contributed by atoms with Crippen molar-refractivity contribution in [3.8, 4) is 11.3 Å². The highest BCUT2D eigenvalue weighted by Gasteiger charge is 2.25. The van der Waals surface area contributed by atoms with Crippen molar-refractivity contribution < 1.29 is 4.79 Å². The number of carbonyl (C=O) groups excluding carboxylic acids is 1. The van der Waals surface area contributed by atoms with Gasteiger partial charge in [-0.3, -0.25) is 14.4 Å². The number of fused-ring (bicyclic) bond motifs is 1. The monoisotopic (exact) mass is 493 g/mol. The van der Waals surface area contributed by atoms with Crippen molar-refractivity contribution in [3.63, 3.8) is 0 Å². The first-order chi connectivity index (χ1) is 16.4. The summed E-state index contributed by atoms with van der Waals surface area (Å²) in [4.78, 5) is 22.8. The van der Waals surface area contributed by atoms with Crippen LogP contribution in [0.2, 0.25) is 10.0 Å². The first kappa shape index (κ1) is 22.8. The molecule has 3 heterocycles. The number of hydrogen-bond donors (Lipinski definition) is 0. The van der Waals surface area contributed by atoms with Crippen molar-refractivity contribution in [2.75, 3.05) is 26.2 Å². The number of rotatable bonds is 4. The molecule has 0 N–H and O–H groups in total. The third-order valence-electron chi connectivity index (χ3n) is 6.51. The van der Waals surface area contributed by atoms with E-state index in [0.717, 1.165) is 53.1 Å². The summed E-state index contributed by atoms with van der Waals surface area (Å²) in [6, 6.07) is 15.5. The van der Waals surface area contributed by atoms with Gasteiger partial charge in [0.25, 0.3) is 5.91 Å². The normalized spacial score (nSPS) is 14.6. The van der Waals surface area contributed by atoms with E-state index in [2.05, 4.69) is 10.00 Å². The molecule has 1 aliphatic heterocycles. The van der Waals surface area contributed by atoms with Gasteiger partial charge >= 0.3 is 0 Å². The zero-order valence-electron chi connectivity index (χ0n) is 19.1. The van der Waals surface area contributed by atoms with Gasteiger partial charge in [-0.15, -0.1) is 0 Å². The van der Waals surface area contributed by atoms with E-state index in [-0.39, 0.29) is 5.91 Å². The number of nitrogens with zero attached hydrogens (tertiary/aromatic N) is 5. The smallest absolute Gasteiger partial charge is 0.254 e. The molecule has 0 spiro atoms. The maximum Gasteiger partial charge on any atom is 0.254 e. The lowest BCUT2D eigenvalue weighted by Gasteiger charge is -2.35. The molecule has 0 aliphatic carbocycles. The second-order valence-corrected chi connectivity index (χ2v) is 9.47. The Hall–Kier alpha value is -2.93. The molecule has 2 aromatic carbocycles. The summed E-state index contributed by atoms with van der Waals surface area (Å²) in [5.74, 6) is 0.0376. The predicted octanol–water partition coefficient (Wildman–Crippen LogP) is 5.21. The number of carbonyl (C=O) groups is 1. The van der Waals surface area contributed by atoms with Crippen LogP contribution in [0.5, 0.6) is 0 Å². The molecule has 174 valence electrons. The van der Waals surface area contributed by atoms with Crippen molar-refractivity contribution in [3.05, 3.63) is 81.6 Å². The van der Waals surface area contributed by atoms with Crippen LogP contribution in [-0.4, -0.2) is 56.7 Å². The van der Waals surface area contributed by atoms with E-state index in [0.29, 0.717) is 28.7 Å². The van der Waals surface area contributed by atoms with Gasteiger partial charge < -0.3 is 4.90 Å². The van der Waals surface area contributed by atoms with E-state index in [4.69, 9.17) is 28.2 Å². The zero-order valence-corrected chi connectivity index (χ0v) is 20.6. The standard InChI is InChI=1S/C26H25Cl2N5O/c1-17-21(15-29-31(17)2)25-14-20(19-5-3-4-6-24(19)30-25)26(34)33-11-9-32(10-12-33)16-18-7-8-22(27)23(28)13-18/h3-8,13-15H,9-12,16H2,1-2H3. The Morgan fingerprint density at radius 3 is 2.47 bits per heavy atom. The third-order valence-corrected chi connectivity index (χ3v) is 7.25. The van der Waals surface area contributed by atoms with Gasteiger partial charge in [-0.05, 0) is 36.8 Å². The van der Waals surface area contributed by atoms with Gasteiger partial charge in [0.2, 0.25) is 0 Å². The number of pyridine rings is 1. The van der Waals surface area contributed by atoms with Crippen LogP contribution in [0.25, 0.3) is 22.2 Å². The average molecular weight is 494 g/mol. The molecule has 6 nitrogen and oxygen atoms in total. The Morgan fingerprint density at radius 1 is 1.00 bits per heavy atom. The Morgan fingerprint density at radius 2 is 1.76 bits per heavy atom. The second kappa shape index (κ2) is 9.37. The first-order valence-corrected chi connectivity index (χ1v) is 12.0. The summed E-state index contributed by atoms with van der Waals surface area (Å²) in [7, 11) is 1.91. The quantitative estimate of drug-likeness (QED) is 0.391. The van der Waals surface area contributed by atoms with E-state index in [1.165, 1.54) is 0 Å². The Balaban J connectivity index is 1.37. The van der Waals surface area contributed by atoms with E-state index < -0.39 is 0 Å². The highest BCUT2D eigenvalue weighted by atomic mass is 35.5. The molecule has 1 amide bonds. The molecule has 34 heavy (non-hydrogen) atoms. The van der Waals surface area contributed by atoms with Gasteiger partial charge in [0, 0.05) is 56.4 Å². The summed E-state index contributed by atoms with van der Waals surface area (Å²) in [6.07, 6.45) is 1.81. The number of hydrogen-bond acceptors (Lipinski definition) is 4. The largest absolute Gasteiger partial charge is 0.336 e. The van der Waals surface area contributed by atoms with E-state index >= 15 is 0 Å². The fourth-order valence-electron chi connectivity index (χ4n) is 4.42. The minimum Gasteiger partial charge on any atom is -0.336 e. The summed E-state index contributed by atoms with van der Waals surface area (Å²) in [6.45, 7) is 5.71.